The quantitative estimate of drug-likeness (QED) is 0.511. The van der Waals surface area contributed by atoms with Crippen molar-refractivity contribution < 1.29 is 4.79 Å². The number of nitrogens with one attached hydrogen (secondary N) is 1. The van der Waals surface area contributed by atoms with Crippen molar-refractivity contribution in [1.29, 1.82) is 0 Å². The second-order valence-corrected chi connectivity index (χ2v) is 7.52. The predicted octanol–water partition coefficient (Wildman–Crippen LogP) is 3.47. The van der Waals surface area contributed by atoms with E-state index in [9.17, 15) is 9.59 Å². The van der Waals surface area contributed by atoms with E-state index >= 15 is 0 Å². The molecule has 0 aliphatic carbocycles. The van der Waals surface area contributed by atoms with E-state index < -0.39 is 5.56 Å². The van der Waals surface area contributed by atoms with Crippen LogP contribution in [0.4, 0.5) is 11.5 Å². The van der Waals surface area contributed by atoms with Gasteiger partial charge in [0.15, 0.2) is 5.16 Å². The summed E-state index contributed by atoms with van der Waals surface area (Å²) in [5.41, 5.74) is 10.3. The molecule has 0 radical (unpaired) electrons. The van der Waals surface area contributed by atoms with Gasteiger partial charge in [-0.25, -0.2) is 0 Å². The molecule has 1 amide bonds. The number of aromatic nitrogens is 2. The van der Waals surface area contributed by atoms with E-state index in [0.29, 0.717) is 5.16 Å². The van der Waals surface area contributed by atoms with E-state index in [4.69, 9.17) is 5.73 Å². The van der Waals surface area contributed by atoms with Gasteiger partial charge in [0.2, 0.25) is 5.91 Å². The lowest BCUT2D eigenvalue weighted by Crippen LogP contribution is -2.19. The zero-order valence-electron chi connectivity index (χ0n) is 16.0. The Labute approximate surface area is 167 Å². The van der Waals surface area contributed by atoms with Crippen LogP contribution in [0.15, 0.2) is 58.5 Å². The van der Waals surface area contributed by atoms with Crippen molar-refractivity contribution >= 4 is 29.2 Å². The molecule has 3 N–H and O–H groups in total. The highest BCUT2D eigenvalue weighted by atomic mass is 32.2. The van der Waals surface area contributed by atoms with Crippen LogP contribution >= 0.6 is 11.8 Å². The summed E-state index contributed by atoms with van der Waals surface area (Å²) in [7, 11) is 0. The minimum absolute atomic E-state index is 0.107. The van der Waals surface area contributed by atoms with Gasteiger partial charge in [-0.2, -0.15) is 4.98 Å². The highest BCUT2D eigenvalue weighted by Crippen LogP contribution is 2.24. The molecule has 0 atom stereocenters. The molecule has 0 fully saturated rings. The Morgan fingerprint density at radius 1 is 1.11 bits per heavy atom. The first-order valence-electron chi connectivity index (χ1n) is 8.80. The van der Waals surface area contributed by atoms with E-state index in [1.807, 2.05) is 63.2 Å². The largest absolute Gasteiger partial charge is 0.385 e. The smallest absolute Gasteiger partial charge is 0.275 e. The molecular weight excluding hydrogens is 372 g/mol. The van der Waals surface area contributed by atoms with Crippen LogP contribution in [0.3, 0.4) is 0 Å². The highest BCUT2D eigenvalue weighted by molar-refractivity contribution is 7.99. The van der Waals surface area contributed by atoms with Crippen LogP contribution in [0.5, 0.6) is 0 Å². The Bertz CT molecular complexity index is 1070. The maximum Gasteiger partial charge on any atom is 0.275 e. The first-order valence-corrected chi connectivity index (χ1v) is 9.79. The number of hydrogen-bond donors (Lipinski definition) is 2. The number of benzene rings is 2. The van der Waals surface area contributed by atoms with Gasteiger partial charge < -0.3 is 11.1 Å². The van der Waals surface area contributed by atoms with E-state index in [2.05, 4.69) is 10.3 Å². The van der Waals surface area contributed by atoms with Crippen molar-refractivity contribution in [3.63, 3.8) is 0 Å². The minimum Gasteiger partial charge on any atom is -0.385 e. The molecule has 0 aliphatic heterocycles. The summed E-state index contributed by atoms with van der Waals surface area (Å²) in [6.45, 7) is 5.87. The molecule has 144 valence electrons. The number of carbonyl (C=O) groups is 1. The first kappa shape index (κ1) is 19.7. The second kappa shape index (κ2) is 8.31. The van der Waals surface area contributed by atoms with Gasteiger partial charge in [-0.15, -0.1) is 0 Å². The zero-order chi connectivity index (χ0) is 20.3. The van der Waals surface area contributed by atoms with Crippen molar-refractivity contribution in [3.8, 4) is 5.69 Å². The Kier molecular flexibility index (Phi) is 5.84. The number of hydrogen-bond acceptors (Lipinski definition) is 5. The molecule has 0 saturated carbocycles. The highest BCUT2D eigenvalue weighted by Gasteiger charge is 2.14. The fraction of sp³-hybridized carbons (Fsp3) is 0.190. The number of anilines is 2. The molecule has 7 heteroatoms. The summed E-state index contributed by atoms with van der Waals surface area (Å²) in [5.74, 6) is 0.216. The fourth-order valence-electron chi connectivity index (χ4n) is 2.92. The lowest BCUT2D eigenvalue weighted by Gasteiger charge is -2.15. The van der Waals surface area contributed by atoms with E-state index in [1.165, 1.54) is 17.8 Å². The third kappa shape index (κ3) is 4.43. The van der Waals surface area contributed by atoms with E-state index in [1.54, 1.807) is 4.57 Å². The number of nitrogen functional groups attached to an aromatic ring is 1. The van der Waals surface area contributed by atoms with Crippen molar-refractivity contribution in [2.45, 2.75) is 25.9 Å². The van der Waals surface area contributed by atoms with E-state index in [-0.39, 0.29) is 17.5 Å². The van der Waals surface area contributed by atoms with Crippen molar-refractivity contribution in [2.24, 2.45) is 0 Å². The first-order chi connectivity index (χ1) is 13.3. The maximum atomic E-state index is 12.5. The summed E-state index contributed by atoms with van der Waals surface area (Å²) < 4.78 is 1.69. The fourth-order valence-corrected chi connectivity index (χ4v) is 3.75. The summed E-state index contributed by atoms with van der Waals surface area (Å²) in [6, 6.07) is 14.8. The topological polar surface area (TPSA) is 90.0 Å². The number of aryl methyl sites for hydroxylation is 3. The average Bonchev–Trinajstić information content (AvgIpc) is 2.62. The number of carbonyl (C=O) groups excluding carboxylic acids is 1. The van der Waals surface area contributed by atoms with Crippen LogP contribution in [0, 0.1) is 20.8 Å². The van der Waals surface area contributed by atoms with Crippen molar-refractivity contribution in [1.82, 2.24) is 9.55 Å². The number of nitrogens with two attached hydrogens (primary N) is 1. The molecule has 0 unspecified atom stereocenters. The number of rotatable bonds is 5. The van der Waals surface area contributed by atoms with Crippen LogP contribution in [-0.4, -0.2) is 21.2 Å². The Morgan fingerprint density at radius 3 is 2.46 bits per heavy atom. The molecule has 3 aromatic rings. The molecule has 28 heavy (non-hydrogen) atoms. The molecule has 1 heterocycles. The molecule has 3 rings (SSSR count). The SMILES string of the molecule is Cc1cccc(-n2c(N)cc(=O)nc2SCC(=O)Nc2c(C)cccc2C)c1. The molecule has 2 aromatic carbocycles. The maximum absolute atomic E-state index is 12.5. The monoisotopic (exact) mass is 394 g/mol. The van der Waals surface area contributed by atoms with Crippen molar-refractivity contribution in [2.75, 3.05) is 16.8 Å². The molecule has 0 bridgehead atoms. The molecular formula is C21H22N4O2S. The van der Waals surface area contributed by atoms with Crippen LogP contribution < -0.4 is 16.6 Å². The molecule has 6 nitrogen and oxygen atoms in total. The Hall–Kier alpha value is -3.06. The van der Waals surface area contributed by atoms with Gasteiger partial charge in [-0.3, -0.25) is 14.2 Å². The van der Waals surface area contributed by atoms with E-state index in [0.717, 1.165) is 28.1 Å². The number of amides is 1. The summed E-state index contributed by atoms with van der Waals surface area (Å²) in [4.78, 5) is 28.4. The summed E-state index contributed by atoms with van der Waals surface area (Å²) in [5, 5.41) is 3.32. The van der Waals surface area contributed by atoms with Crippen LogP contribution in [0.25, 0.3) is 5.69 Å². The second-order valence-electron chi connectivity index (χ2n) is 6.58. The molecule has 0 aliphatic rings. The zero-order valence-corrected chi connectivity index (χ0v) is 16.8. The third-order valence-electron chi connectivity index (χ3n) is 4.26. The molecule has 0 spiro atoms. The van der Waals surface area contributed by atoms with Gasteiger partial charge in [-0.1, -0.05) is 42.1 Å². The lowest BCUT2D eigenvalue weighted by atomic mass is 10.1. The Balaban J connectivity index is 1.84. The normalized spacial score (nSPS) is 10.7. The van der Waals surface area contributed by atoms with Gasteiger partial charge in [0.25, 0.3) is 5.56 Å². The molecule has 1 aromatic heterocycles. The summed E-state index contributed by atoms with van der Waals surface area (Å²) in [6.07, 6.45) is 0. The van der Waals surface area contributed by atoms with Crippen LogP contribution in [-0.2, 0) is 4.79 Å². The van der Waals surface area contributed by atoms with Gasteiger partial charge in [0.1, 0.15) is 5.82 Å². The Morgan fingerprint density at radius 2 is 1.79 bits per heavy atom. The molecule has 0 saturated heterocycles. The van der Waals surface area contributed by atoms with Gasteiger partial charge >= 0.3 is 0 Å². The number of thioether (sulfide) groups is 1. The van der Waals surface area contributed by atoms with Gasteiger partial charge in [0.05, 0.1) is 5.75 Å². The summed E-state index contributed by atoms with van der Waals surface area (Å²) >= 11 is 1.17. The van der Waals surface area contributed by atoms with Crippen molar-refractivity contribution in [3.05, 3.63) is 75.6 Å². The average molecular weight is 395 g/mol. The van der Waals surface area contributed by atoms with Gasteiger partial charge in [-0.05, 0) is 49.6 Å². The standard InChI is InChI=1S/C21H22N4O2S/c1-13-6-4-9-16(10-13)25-17(22)11-18(26)24-21(25)28-12-19(27)23-20-14(2)7-5-8-15(20)3/h4-11H,12,22H2,1-3H3,(H,23,27). The predicted molar refractivity (Wildman–Crippen MR) is 114 cm³/mol. The van der Waals surface area contributed by atoms with Crippen LogP contribution in [0.1, 0.15) is 16.7 Å². The lowest BCUT2D eigenvalue weighted by molar-refractivity contribution is -0.113. The third-order valence-corrected chi connectivity index (χ3v) is 5.20. The van der Waals surface area contributed by atoms with Crippen LogP contribution in [0.2, 0.25) is 0 Å². The minimum atomic E-state index is -0.431. The number of para-hydroxylation sites is 1. The number of nitrogens with zero attached hydrogens (tertiary/aromatic N) is 2. The van der Waals surface area contributed by atoms with Gasteiger partial charge in [0, 0.05) is 17.4 Å².